The van der Waals surface area contributed by atoms with E-state index in [0.29, 0.717) is 45.0 Å². The lowest BCUT2D eigenvalue weighted by molar-refractivity contribution is 0.309. The summed E-state index contributed by atoms with van der Waals surface area (Å²) in [5, 5.41) is 9.54. The number of fused-ring (bicyclic) bond motifs is 1. The quantitative estimate of drug-likeness (QED) is 0.599. The Labute approximate surface area is 158 Å². The summed E-state index contributed by atoms with van der Waals surface area (Å²) in [6, 6.07) is 9.97. The van der Waals surface area contributed by atoms with Gasteiger partial charge in [-0.3, -0.25) is 0 Å². The first kappa shape index (κ1) is 18.0. The number of nitriles is 1. The molecule has 0 aliphatic rings. The molecule has 3 rings (SSSR count). The molecule has 26 heavy (non-hydrogen) atoms. The van der Waals surface area contributed by atoms with Crippen molar-refractivity contribution >= 4 is 38.6 Å². The van der Waals surface area contributed by atoms with Crippen molar-refractivity contribution < 1.29 is 13.9 Å². The first-order chi connectivity index (χ1) is 12.5. The number of methoxy groups -OCH3 is 1. The molecular formula is C19H15BrFN3O2. The van der Waals surface area contributed by atoms with Gasteiger partial charge >= 0.3 is 0 Å². The normalized spacial score (nSPS) is 11.4. The lowest BCUT2D eigenvalue weighted by Crippen LogP contribution is -1.97. The van der Waals surface area contributed by atoms with E-state index >= 15 is 0 Å². The third-order valence-corrected chi connectivity index (χ3v) is 4.26. The molecule has 0 aliphatic carbocycles. The van der Waals surface area contributed by atoms with Crippen LogP contribution in [0.25, 0.3) is 22.7 Å². The highest BCUT2D eigenvalue weighted by Gasteiger charge is 2.13. The number of aromatic amines is 1. The van der Waals surface area contributed by atoms with Gasteiger partial charge in [-0.2, -0.15) is 5.26 Å². The molecule has 0 radical (unpaired) electrons. The summed E-state index contributed by atoms with van der Waals surface area (Å²) in [6.07, 6.45) is 1.68. The molecule has 3 aromatic rings. The molecule has 0 aliphatic heterocycles. The monoisotopic (exact) mass is 415 g/mol. The van der Waals surface area contributed by atoms with Crippen molar-refractivity contribution in [3.63, 3.8) is 0 Å². The van der Waals surface area contributed by atoms with Crippen molar-refractivity contribution in [1.82, 2.24) is 9.97 Å². The maximum atomic E-state index is 13.3. The van der Waals surface area contributed by atoms with E-state index in [2.05, 4.69) is 32.0 Å². The Morgan fingerprint density at radius 1 is 1.38 bits per heavy atom. The number of rotatable bonds is 5. The highest BCUT2D eigenvalue weighted by Crippen LogP contribution is 2.37. The fourth-order valence-electron chi connectivity index (χ4n) is 2.54. The van der Waals surface area contributed by atoms with Crippen molar-refractivity contribution in [2.24, 2.45) is 0 Å². The fraction of sp³-hybridized carbons (Fsp3) is 0.158. The number of nitrogens with zero attached hydrogens (tertiary/aromatic N) is 2. The standard InChI is InChI=1S/C19H15BrFN3O2/c1-3-26-18-14(20)7-11(8-17(18)25-2)6-12(10-22)19-23-15-5-4-13(21)9-16(15)24-19/h4-9H,3H2,1-2H3,(H,23,24)/b12-6-. The molecule has 0 amide bonds. The SMILES string of the molecule is CCOc1c(Br)cc(/C=C(/C#N)c2nc3ccc(F)cc3[nH]2)cc1OC. The second-order valence-corrected chi connectivity index (χ2v) is 6.24. The van der Waals surface area contributed by atoms with Gasteiger partial charge in [-0.25, -0.2) is 9.37 Å². The molecule has 0 saturated carbocycles. The fourth-order valence-corrected chi connectivity index (χ4v) is 3.11. The third-order valence-electron chi connectivity index (χ3n) is 3.67. The maximum Gasteiger partial charge on any atom is 0.175 e. The number of nitrogens with one attached hydrogen (secondary N) is 1. The lowest BCUT2D eigenvalue weighted by atomic mass is 10.1. The van der Waals surface area contributed by atoms with Crippen molar-refractivity contribution in [3.8, 4) is 17.6 Å². The van der Waals surface area contributed by atoms with Crippen molar-refractivity contribution in [1.29, 1.82) is 5.26 Å². The van der Waals surface area contributed by atoms with Crippen LogP contribution in [-0.4, -0.2) is 23.7 Å². The molecule has 1 heterocycles. The van der Waals surface area contributed by atoms with Crippen LogP contribution < -0.4 is 9.47 Å². The number of allylic oxidation sites excluding steroid dienone is 1. The van der Waals surface area contributed by atoms with Crippen molar-refractivity contribution in [2.75, 3.05) is 13.7 Å². The maximum absolute atomic E-state index is 13.3. The summed E-state index contributed by atoms with van der Waals surface area (Å²) in [6.45, 7) is 2.39. The number of aromatic nitrogens is 2. The Balaban J connectivity index is 2.05. The summed E-state index contributed by atoms with van der Waals surface area (Å²) in [5.74, 6) is 1.16. The highest BCUT2D eigenvalue weighted by atomic mass is 79.9. The summed E-state index contributed by atoms with van der Waals surface area (Å²) in [7, 11) is 1.55. The molecule has 0 fully saturated rings. The molecule has 0 unspecified atom stereocenters. The number of hydrogen-bond acceptors (Lipinski definition) is 4. The van der Waals surface area contributed by atoms with Crippen LogP contribution in [-0.2, 0) is 0 Å². The topological polar surface area (TPSA) is 70.9 Å². The number of halogens is 2. The number of hydrogen-bond donors (Lipinski definition) is 1. The average Bonchev–Trinajstić information content (AvgIpc) is 3.04. The van der Waals surface area contributed by atoms with E-state index in [1.807, 2.05) is 13.0 Å². The minimum atomic E-state index is -0.365. The van der Waals surface area contributed by atoms with Gasteiger partial charge in [0, 0.05) is 0 Å². The third kappa shape index (κ3) is 3.55. The Morgan fingerprint density at radius 2 is 2.19 bits per heavy atom. The number of ether oxygens (including phenoxy) is 2. The molecule has 0 saturated heterocycles. The summed E-state index contributed by atoms with van der Waals surface area (Å²) < 4.78 is 25.0. The second-order valence-electron chi connectivity index (χ2n) is 5.38. The van der Waals surface area contributed by atoms with E-state index in [0.717, 1.165) is 5.56 Å². The van der Waals surface area contributed by atoms with Crippen molar-refractivity contribution in [3.05, 3.63) is 52.0 Å². The van der Waals surface area contributed by atoms with E-state index in [-0.39, 0.29) is 5.82 Å². The molecule has 1 aromatic heterocycles. The Hall–Kier alpha value is -2.85. The van der Waals surface area contributed by atoms with Crippen LogP contribution in [0.4, 0.5) is 4.39 Å². The first-order valence-corrected chi connectivity index (χ1v) is 8.62. The molecule has 0 spiro atoms. The Bertz CT molecular complexity index is 1040. The second kappa shape index (κ2) is 7.58. The molecule has 7 heteroatoms. The average molecular weight is 416 g/mol. The van der Waals surface area contributed by atoms with Crippen LogP contribution in [0.15, 0.2) is 34.8 Å². The van der Waals surface area contributed by atoms with Gasteiger partial charge in [0.05, 0.1) is 34.8 Å². The predicted octanol–water partition coefficient (Wildman–Crippen LogP) is 4.94. The van der Waals surface area contributed by atoms with Crippen LogP contribution in [0.3, 0.4) is 0 Å². The zero-order chi connectivity index (χ0) is 18.7. The Kier molecular flexibility index (Phi) is 5.24. The van der Waals surface area contributed by atoms with E-state index in [1.165, 1.54) is 12.1 Å². The number of imidazole rings is 1. The molecule has 0 bridgehead atoms. The summed E-state index contributed by atoms with van der Waals surface area (Å²) in [4.78, 5) is 7.33. The molecular weight excluding hydrogens is 401 g/mol. The van der Waals surface area contributed by atoms with Gasteiger partial charge in [0.25, 0.3) is 0 Å². The van der Waals surface area contributed by atoms with E-state index < -0.39 is 0 Å². The van der Waals surface area contributed by atoms with Crippen LogP contribution in [0.1, 0.15) is 18.3 Å². The Morgan fingerprint density at radius 3 is 2.88 bits per heavy atom. The van der Waals surface area contributed by atoms with Crippen LogP contribution in [0.5, 0.6) is 11.5 Å². The van der Waals surface area contributed by atoms with E-state index in [1.54, 1.807) is 25.3 Å². The lowest BCUT2D eigenvalue weighted by Gasteiger charge is -2.12. The number of benzene rings is 2. The van der Waals surface area contributed by atoms with Gasteiger partial charge in [-0.05, 0) is 64.8 Å². The van der Waals surface area contributed by atoms with Gasteiger partial charge in [0.1, 0.15) is 17.7 Å². The summed E-state index contributed by atoms with van der Waals surface area (Å²) in [5.41, 5.74) is 2.18. The van der Waals surface area contributed by atoms with Gasteiger partial charge in [-0.1, -0.05) is 0 Å². The van der Waals surface area contributed by atoms with Gasteiger partial charge < -0.3 is 14.5 Å². The molecule has 1 N–H and O–H groups in total. The first-order valence-electron chi connectivity index (χ1n) is 7.83. The smallest absolute Gasteiger partial charge is 0.175 e. The van der Waals surface area contributed by atoms with E-state index in [9.17, 15) is 9.65 Å². The van der Waals surface area contributed by atoms with E-state index in [4.69, 9.17) is 9.47 Å². The molecule has 5 nitrogen and oxygen atoms in total. The zero-order valence-corrected chi connectivity index (χ0v) is 15.7. The minimum Gasteiger partial charge on any atom is -0.493 e. The predicted molar refractivity (Wildman–Crippen MR) is 101 cm³/mol. The molecule has 0 atom stereocenters. The highest BCUT2D eigenvalue weighted by molar-refractivity contribution is 9.10. The largest absolute Gasteiger partial charge is 0.493 e. The van der Waals surface area contributed by atoms with Crippen LogP contribution in [0, 0.1) is 17.1 Å². The van der Waals surface area contributed by atoms with Crippen LogP contribution in [0.2, 0.25) is 0 Å². The minimum absolute atomic E-state index is 0.319. The zero-order valence-electron chi connectivity index (χ0n) is 14.1. The van der Waals surface area contributed by atoms with Crippen LogP contribution >= 0.6 is 15.9 Å². The van der Waals surface area contributed by atoms with Gasteiger partial charge in [-0.15, -0.1) is 0 Å². The molecule has 2 aromatic carbocycles. The van der Waals surface area contributed by atoms with Gasteiger partial charge in [0.15, 0.2) is 11.5 Å². The van der Waals surface area contributed by atoms with Gasteiger partial charge in [0.2, 0.25) is 0 Å². The number of H-pyrrole nitrogens is 1. The summed E-state index contributed by atoms with van der Waals surface area (Å²) >= 11 is 3.46. The molecule has 132 valence electrons. The van der Waals surface area contributed by atoms with Crippen molar-refractivity contribution in [2.45, 2.75) is 6.92 Å².